The van der Waals surface area contributed by atoms with Crippen molar-refractivity contribution in [1.29, 1.82) is 0 Å². The molecule has 0 aliphatic carbocycles. The molecule has 2 unspecified atom stereocenters. The Morgan fingerprint density at radius 1 is 1.47 bits per heavy atom. The molecule has 0 saturated carbocycles. The highest BCUT2D eigenvalue weighted by molar-refractivity contribution is 5.41. The fourth-order valence-electron chi connectivity index (χ4n) is 2.05. The molecule has 1 aromatic heterocycles. The highest BCUT2D eigenvalue weighted by atomic mass is 16.5. The Balaban J connectivity index is 1.96. The van der Waals surface area contributed by atoms with Gasteiger partial charge in [-0.25, -0.2) is 4.98 Å². The number of hydrogen-bond donors (Lipinski definition) is 2. The molecule has 2 N–H and O–H groups in total. The van der Waals surface area contributed by atoms with Gasteiger partial charge in [0.2, 0.25) is 5.95 Å². The Bertz CT molecular complexity index is 383. The molecule has 0 amide bonds. The summed E-state index contributed by atoms with van der Waals surface area (Å²) in [6.07, 6.45) is 1.46. The van der Waals surface area contributed by atoms with Crippen molar-refractivity contribution in [2.45, 2.75) is 26.4 Å². The maximum absolute atomic E-state index is 5.54. The molecule has 0 radical (unpaired) electrons. The Kier molecular flexibility index (Phi) is 3.78. The molecule has 5 heteroatoms. The van der Waals surface area contributed by atoms with Crippen LogP contribution in [0.15, 0.2) is 6.07 Å². The number of nitrogens with zero attached hydrogens (tertiary/aromatic N) is 2. The highest BCUT2D eigenvalue weighted by Gasteiger charge is 2.23. The van der Waals surface area contributed by atoms with Crippen molar-refractivity contribution in [3.05, 3.63) is 11.8 Å². The van der Waals surface area contributed by atoms with Crippen LogP contribution < -0.4 is 10.6 Å². The third-order valence-electron chi connectivity index (χ3n) is 3.16. The van der Waals surface area contributed by atoms with Gasteiger partial charge in [-0.05, 0) is 20.3 Å². The maximum atomic E-state index is 5.54. The summed E-state index contributed by atoms with van der Waals surface area (Å²) in [6, 6.07) is 1.96. The van der Waals surface area contributed by atoms with Crippen molar-refractivity contribution in [1.82, 2.24) is 9.97 Å². The molecule has 0 bridgehead atoms. The van der Waals surface area contributed by atoms with E-state index in [2.05, 4.69) is 27.5 Å². The maximum Gasteiger partial charge on any atom is 0.224 e. The first-order chi connectivity index (χ1) is 8.19. The Morgan fingerprint density at radius 2 is 2.29 bits per heavy atom. The Morgan fingerprint density at radius 3 is 2.94 bits per heavy atom. The van der Waals surface area contributed by atoms with E-state index in [1.165, 1.54) is 0 Å². The Labute approximate surface area is 102 Å². The number of aromatic nitrogens is 2. The van der Waals surface area contributed by atoms with Gasteiger partial charge in [0.1, 0.15) is 5.82 Å². The van der Waals surface area contributed by atoms with Gasteiger partial charge in [-0.1, -0.05) is 0 Å². The summed E-state index contributed by atoms with van der Waals surface area (Å²) in [5.74, 6) is 2.10. The van der Waals surface area contributed by atoms with E-state index in [1.54, 1.807) is 0 Å². The molecular formula is C12H20N4O. The summed E-state index contributed by atoms with van der Waals surface area (Å²) in [5, 5.41) is 6.32. The van der Waals surface area contributed by atoms with Crippen LogP contribution >= 0.6 is 0 Å². The van der Waals surface area contributed by atoms with Gasteiger partial charge in [0.15, 0.2) is 0 Å². The summed E-state index contributed by atoms with van der Waals surface area (Å²) in [6.45, 7) is 5.87. The average molecular weight is 236 g/mol. The van der Waals surface area contributed by atoms with Crippen LogP contribution in [0.2, 0.25) is 0 Å². The van der Waals surface area contributed by atoms with Gasteiger partial charge in [-0.15, -0.1) is 0 Å². The van der Waals surface area contributed by atoms with Crippen molar-refractivity contribution in [2.24, 2.45) is 5.92 Å². The van der Waals surface area contributed by atoms with Crippen LogP contribution in [-0.2, 0) is 4.74 Å². The fraction of sp³-hybridized carbons (Fsp3) is 0.667. The zero-order chi connectivity index (χ0) is 12.3. The normalized spacial score (nSPS) is 23.7. The predicted molar refractivity (Wildman–Crippen MR) is 68.3 cm³/mol. The summed E-state index contributed by atoms with van der Waals surface area (Å²) >= 11 is 0. The molecule has 0 spiro atoms. The van der Waals surface area contributed by atoms with Gasteiger partial charge in [0.05, 0.1) is 6.10 Å². The van der Waals surface area contributed by atoms with Crippen molar-refractivity contribution in [2.75, 3.05) is 30.8 Å². The van der Waals surface area contributed by atoms with E-state index >= 15 is 0 Å². The van der Waals surface area contributed by atoms with Crippen LogP contribution in [0.5, 0.6) is 0 Å². The first kappa shape index (κ1) is 12.1. The van der Waals surface area contributed by atoms with Crippen LogP contribution in [0.3, 0.4) is 0 Å². The minimum absolute atomic E-state index is 0.342. The first-order valence-electron chi connectivity index (χ1n) is 6.08. The zero-order valence-corrected chi connectivity index (χ0v) is 10.7. The minimum Gasteiger partial charge on any atom is -0.378 e. The van der Waals surface area contributed by atoms with Crippen molar-refractivity contribution >= 4 is 11.8 Å². The highest BCUT2D eigenvalue weighted by Crippen LogP contribution is 2.21. The molecule has 2 rings (SSSR count). The number of ether oxygens (including phenoxy) is 1. The number of anilines is 2. The second kappa shape index (κ2) is 5.31. The third-order valence-corrected chi connectivity index (χ3v) is 3.16. The molecule has 1 aromatic rings. The summed E-state index contributed by atoms with van der Waals surface area (Å²) < 4.78 is 5.54. The molecule has 2 atom stereocenters. The molecule has 2 heterocycles. The lowest BCUT2D eigenvalue weighted by Gasteiger charge is -2.15. The molecule has 17 heavy (non-hydrogen) atoms. The summed E-state index contributed by atoms with van der Waals surface area (Å²) in [7, 11) is 1.82. The number of nitrogens with one attached hydrogen (secondary N) is 2. The zero-order valence-electron chi connectivity index (χ0n) is 10.7. The molecule has 0 aromatic carbocycles. The third kappa shape index (κ3) is 3.06. The SMILES string of the molecule is CNc1nc(C)cc(NCC2CCOC2C)n1. The second-order valence-electron chi connectivity index (χ2n) is 4.47. The van der Waals surface area contributed by atoms with Crippen LogP contribution in [0, 0.1) is 12.8 Å². The quantitative estimate of drug-likeness (QED) is 0.832. The van der Waals surface area contributed by atoms with Crippen LogP contribution in [-0.4, -0.2) is 36.3 Å². The number of aryl methyl sites for hydroxylation is 1. The minimum atomic E-state index is 0.342. The van der Waals surface area contributed by atoms with Crippen LogP contribution in [0.4, 0.5) is 11.8 Å². The van der Waals surface area contributed by atoms with Crippen molar-refractivity contribution in [3.63, 3.8) is 0 Å². The molecule has 1 aliphatic rings. The van der Waals surface area contributed by atoms with E-state index in [9.17, 15) is 0 Å². The molecule has 1 saturated heterocycles. The predicted octanol–water partition coefficient (Wildman–Crippen LogP) is 1.66. The van der Waals surface area contributed by atoms with E-state index in [0.717, 1.165) is 31.1 Å². The van der Waals surface area contributed by atoms with E-state index in [1.807, 2.05) is 20.0 Å². The van der Waals surface area contributed by atoms with E-state index in [0.29, 0.717) is 18.0 Å². The van der Waals surface area contributed by atoms with Gasteiger partial charge in [0.25, 0.3) is 0 Å². The summed E-state index contributed by atoms with van der Waals surface area (Å²) in [5.41, 5.74) is 0.961. The monoisotopic (exact) mass is 236 g/mol. The molecule has 94 valence electrons. The smallest absolute Gasteiger partial charge is 0.224 e. The van der Waals surface area contributed by atoms with Gasteiger partial charge in [-0.2, -0.15) is 4.98 Å². The van der Waals surface area contributed by atoms with Crippen LogP contribution in [0.1, 0.15) is 19.0 Å². The molecule has 5 nitrogen and oxygen atoms in total. The summed E-state index contributed by atoms with van der Waals surface area (Å²) in [4.78, 5) is 8.62. The molecule has 1 aliphatic heterocycles. The Hall–Kier alpha value is -1.36. The van der Waals surface area contributed by atoms with Crippen LogP contribution in [0.25, 0.3) is 0 Å². The lowest BCUT2D eigenvalue weighted by molar-refractivity contribution is 0.108. The number of rotatable bonds is 4. The molecule has 1 fully saturated rings. The lowest BCUT2D eigenvalue weighted by atomic mass is 10.0. The largest absolute Gasteiger partial charge is 0.378 e. The average Bonchev–Trinajstić information content (AvgIpc) is 2.71. The number of hydrogen-bond acceptors (Lipinski definition) is 5. The second-order valence-corrected chi connectivity index (χ2v) is 4.47. The van der Waals surface area contributed by atoms with Crippen molar-refractivity contribution < 1.29 is 4.74 Å². The molecular weight excluding hydrogens is 216 g/mol. The van der Waals surface area contributed by atoms with Crippen molar-refractivity contribution in [3.8, 4) is 0 Å². The lowest BCUT2D eigenvalue weighted by Crippen LogP contribution is -2.21. The first-order valence-corrected chi connectivity index (χ1v) is 6.08. The van der Waals surface area contributed by atoms with Gasteiger partial charge in [-0.3, -0.25) is 0 Å². The van der Waals surface area contributed by atoms with E-state index in [4.69, 9.17) is 4.74 Å². The van der Waals surface area contributed by atoms with E-state index < -0.39 is 0 Å². The topological polar surface area (TPSA) is 59.1 Å². The standard InChI is InChI=1S/C12H20N4O/c1-8-6-11(16-12(13-3)15-8)14-7-10-4-5-17-9(10)2/h6,9-10H,4-5,7H2,1-3H3,(H2,13,14,15,16). The fourth-order valence-corrected chi connectivity index (χ4v) is 2.05. The van der Waals surface area contributed by atoms with Gasteiger partial charge in [0, 0.05) is 37.9 Å². The van der Waals surface area contributed by atoms with Gasteiger partial charge < -0.3 is 15.4 Å². The van der Waals surface area contributed by atoms with Gasteiger partial charge >= 0.3 is 0 Å². The van der Waals surface area contributed by atoms with E-state index in [-0.39, 0.29) is 0 Å².